The Kier molecular flexibility index (Phi) is 5.42. The molecule has 23 heavy (non-hydrogen) atoms. The second-order valence-corrected chi connectivity index (χ2v) is 4.67. The van der Waals surface area contributed by atoms with Crippen LogP contribution in [0.2, 0.25) is 0 Å². The highest BCUT2D eigenvalue weighted by atomic mass is 19.1. The smallest absolute Gasteiger partial charge is 0.338 e. The highest BCUT2D eigenvalue weighted by Crippen LogP contribution is 2.05. The van der Waals surface area contributed by atoms with Crippen molar-refractivity contribution >= 4 is 11.9 Å². The van der Waals surface area contributed by atoms with E-state index in [-0.39, 0.29) is 17.9 Å². The molecule has 5 nitrogen and oxygen atoms in total. The zero-order valence-corrected chi connectivity index (χ0v) is 12.1. The Balaban J connectivity index is 1.78. The second kappa shape index (κ2) is 7.71. The van der Waals surface area contributed by atoms with Gasteiger partial charge in [-0.05, 0) is 42.0 Å². The molecular weight excluding hydrogens is 299 g/mol. The number of carbonyl (C=O) groups excluding carboxylic acids is 2. The third kappa shape index (κ3) is 4.93. The van der Waals surface area contributed by atoms with Gasteiger partial charge in [0.05, 0.1) is 17.2 Å². The van der Waals surface area contributed by atoms with Gasteiger partial charge in [-0.1, -0.05) is 12.1 Å². The Morgan fingerprint density at radius 2 is 1.74 bits per heavy atom. The Hall–Kier alpha value is -3.20. The number of benzene rings is 2. The van der Waals surface area contributed by atoms with Crippen molar-refractivity contribution in [3.05, 3.63) is 71.0 Å². The van der Waals surface area contributed by atoms with Crippen molar-refractivity contribution in [3.63, 3.8) is 0 Å². The SMILES string of the molecule is N#Cc1ccc(C(=O)OCC(=O)NCc2ccc(F)cc2)cc1. The number of nitriles is 1. The molecule has 0 saturated carbocycles. The van der Waals surface area contributed by atoms with E-state index in [1.807, 2.05) is 6.07 Å². The molecule has 1 amide bonds. The minimum absolute atomic E-state index is 0.216. The predicted molar refractivity (Wildman–Crippen MR) is 79.7 cm³/mol. The van der Waals surface area contributed by atoms with Gasteiger partial charge in [0.15, 0.2) is 6.61 Å². The summed E-state index contributed by atoms with van der Waals surface area (Å²) in [7, 11) is 0. The summed E-state index contributed by atoms with van der Waals surface area (Å²) in [6.45, 7) is -0.201. The van der Waals surface area contributed by atoms with Gasteiger partial charge in [-0.2, -0.15) is 5.26 Å². The van der Waals surface area contributed by atoms with Gasteiger partial charge < -0.3 is 10.1 Å². The monoisotopic (exact) mass is 312 g/mol. The maximum atomic E-state index is 12.7. The molecule has 0 fully saturated rings. The maximum absolute atomic E-state index is 12.7. The zero-order chi connectivity index (χ0) is 16.7. The largest absolute Gasteiger partial charge is 0.452 e. The molecule has 2 aromatic carbocycles. The molecule has 0 aromatic heterocycles. The Labute approximate surface area is 132 Å². The van der Waals surface area contributed by atoms with Gasteiger partial charge in [0.1, 0.15) is 5.82 Å². The van der Waals surface area contributed by atoms with Crippen molar-refractivity contribution in [2.75, 3.05) is 6.61 Å². The first-order valence-electron chi connectivity index (χ1n) is 6.77. The molecule has 0 atom stereocenters. The first-order valence-corrected chi connectivity index (χ1v) is 6.77. The molecule has 0 aliphatic rings. The number of rotatable bonds is 5. The summed E-state index contributed by atoms with van der Waals surface area (Å²) in [5.74, 6) is -1.46. The predicted octanol–water partition coefficient (Wildman–Crippen LogP) is 2.17. The van der Waals surface area contributed by atoms with Gasteiger partial charge in [0.2, 0.25) is 0 Å². The third-order valence-corrected chi connectivity index (χ3v) is 2.99. The lowest BCUT2D eigenvalue weighted by atomic mass is 10.1. The fourth-order valence-electron chi connectivity index (χ4n) is 1.75. The van der Waals surface area contributed by atoms with Crippen LogP contribution >= 0.6 is 0 Å². The minimum atomic E-state index is -0.647. The van der Waals surface area contributed by atoms with Crippen LogP contribution in [0.4, 0.5) is 4.39 Å². The third-order valence-electron chi connectivity index (χ3n) is 2.99. The van der Waals surface area contributed by atoms with Crippen molar-refractivity contribution < 1.29 is 18.7 Å². The molecule has 2 aromatic rings. The topological polar surface area (TPSA) is 79.2 Å². The quantitative estimate of drug-likeness (QED) is 0.858. The van der Waals surface area contributed by atoms with Gasteiger partial charge in [0, 0.05) is 6.54 Å². The van der Waals surface area contributed by atoms with Gasteiger partial charge in [-0.25, -0.2) is 9.18 Å². The van der Waals surface area contributed by atoms with Crippen LogP contribution in [-0.4, -0.2) is 18.5 Å². The van der Waals surface area contributed by atoms with Crippen LogP contribution in [0.5, 0.6) is 0 Å². The van der Waals surface area contributed by atoms with Crippen molar-refractivity contribution in [2.24, 2.45) is 0 Å². The van der Waals surface area contributed by atoms with E-state index in [0.29, 0.717) is 5.56 Å². The second-order valence-electron chi connectivity index (χ2n) is 4.67. The van der Waals surface area contributed by atoms with Gasteiger partial charge in [-0.15, -0.1) is 0 Å². The highest BCUT2D eigenvalue weighted by Gasteiger charge is 2.10. The average molecular weight is 312 g/mol. The summed E-state index contributed by atoms with van der Waals surface area (Å²) in [5.41, 5.74) is 1.42. The summed E-state index contributed by atoms with van der Waals surface area (Å²) < 4.78 is 17.6. The molecule has 0 aliphatic heterocycles. The summed E-state index contributed by atoms with van der Waals surface area (Å²) in [6.07, 6.45) is 0. The molecule has 0 aliphatic carbocycles. The summed E-state index contributed by atoms with van der Waals surface area (Å²) in [6, 6.07) is 13.5. The van der Waals surface area contributed by atoms with Crippen LogP contribution in [0.25, 0.3) is 0 Å². The number of hydrogen-bond acceptors (Lipinski definition) is 4. The number of halogens is 1. The summed E-state index contributed by atoms with van der Waals surface area (Å²) in [4.78, 5) is 23.3. The van der Waals surface area contributed by atoms with E-state index in [9.17, 15) is 14.0 Å². The van der Waals surface area contributed by atoms with E-state index in [0.717, 1.165) is 5.56 Å². The van der Waals surface area contributed by atoms with Crippen molar-refractivity contribution in [1.29, 1.82) is 5.26 Å². The van der Waals surface area contributed by atoms with Crippen LogP contribution < -0.4 is 5.32 Å². The number of esters is 1. The lowest BCUT2D eigenvalue weighted by molar-refractivity contribution is -0.124. The van der Waals surface area contributed by atoms with Crippen molar-refractivity contribution in [3.8, 4) is 6.07 Å². The Morgan fingerprint density at radius 3 is 2.35 bits per heavy atom. The molecule has 0 saturated heterocycles. The van der Waals surface area contributed by atoms with E-state index >= 15 is 0 Å². The fourth-order valence-corrected chi connectivity index (χ4v) is 1.75. The van der Waals surface area contributed by atoms with E-state index in [4.69, 9.17) is 10.00 Å². The van der Waals surface area contributed by atoms with Crippen LogP contribution in [0.3, 0.4) is 0 Å². The standard InChI is InChI=1S/C17H13FN2O3/c18-15-7-3-13(4-8-15)10-20-16(21)11-23-17(22)14-5-1-12(9-19)2-6-14/h1-8H,10-11H2,(H,20,21). The first-order chi connectivity index (χ1) is 11.1. The van der Waals surface area contributed by atoms with Gasteiger partial charge >= 0.3 is 5.97 Å². The highest BCUT2D eigenvalue weighted by molar-refractivity contribution is 5.91. The molecule has 0 radical (unpaired) electrons. The normalized spacial score (nSPS) is 9.74. The molecule has 0 unspecified atom stereocenters. The molecule has 116 valence electrons. The van der Waals surface area contributed by atoms with Gasteiger partial charge in [-0.3, -0.25) is 4.79 Å². The zero-order valence-electron chi connectivity index (χ0n) is 12.1. The Morgan fingerprint density at radius 1 is 1.09 bits per heavy atom. The van der Waals surface area contributed by atoms with E-state index < -0.39 is 18.5 Å². The molecule has 0 heterocycles. The van der Waals surface area contributed by atoms with Crippen molar-refractivity contribution in [2.45, 2.75) is 6.54 Å². The Bertz CT molecular complexity index is 734. The molecule has 1 N–H and O–H groups in total. The van der Waals surface area contributed by atoms with E-state index in [1.165, 1.54) is 36.4 Å². The van der Waals surface area contributed by atoms with E-state index in [1.54, 1.807) is 12.1 Å². The summed E-state index contributed by atoms with van der Waals surface area (Å²) in [5, 5.41) is 11.2. The lowest BCUT2D eigenvalue weighted by Gasteiger charge is -2.07. The number of carbonyl (C=O) groups is 2. The van der Waals surface area contributed by atoms with Crippen LogP contribution in [0.1, 0.15) is 21.5 Å². The van der Waals surface area contributed by atoms with Crippen LogP contribution in [0, 0.1) is 17.1 Å². The molecule has 0 spiro atoms. The number of nitrogens with zero attached hydrogens (tertiary/aromatic N) is 1. The molecule has 6 heteroatoms. The molecule has 2 rings (SSSR count). The number of ether oxygens (including phenoxy) is 1. The number of nitrogens with one attached hydrogen (secondary N) is 1. The number of amides is 1. The molecule has 0 bridgehead atoms. The van der Waals surface area contributed by atoms with Gasteiger partial charge in [0.25, 0.3) is 5.91 Å². The van der Waals surface area contributed by atoms with Crippen molar-refractivity contribution in [1.82, 2.24) is 5.32 Å². The first kappa shape index (κ1) is 16.2. The maximum Gasteiger partial charge on any atom is 0.338 e. The van der Waals surface area contributed by atoms with E-state index in [2.05, 4.69) is 5.32 Å². The molecular formula is C17H13FN2O3. The fraction of sp³-hybridized carbons (Fsp3) is 0.118. The van der Waals surface area contributed by atoms with Crippen LogP contribution in [0.15, 0.2) is 48.5 Å². The van der Waals surface area contributed by atoms with Crippen LogP contribution in [-0.2, 0) is 16.1 Å². The lowest BCUT2D eigenvalue weighted by Crippen LogP contribution is -2.28. The number of hydrogen-bond donors (Lipinski definition) is 1. The minimum Gasteiger partial charge on any atom is -0.452 e. The average Bonchev–Trinajstić information content (AvgIpc) is 2.59. The summed E-state index contributed by atoms with van der Waals surface area (Å²) >= 11 is 0.